The van der Waals surface area contributed by atoms with Gasteiger partial charge in [0, 0.05) is 24.3 Å². The van der Waals surface area contributed by atoms with Crippen molar-refractivity contribution in [3.05, 3.63) is 12.3 Å². The lowest BCUT2D eigenvalue weighted by molar-refractivity contribution is 0.391. The number of aromatic nitrogens is 2. The minimum absolute atomic E-state index is 0.198. The van der Waals surface area contributed by atoms with Crippen molar-refractivity contribution in [2.45, 2.75) is 37.8 Å². The molecule has 1 saturated carbocycles. The number of hydrogen-bond donors (Lipinski definition) is 2. The van der Waals surface area contributed by atoms with Crippen LogP contribution in [0.3, 0.4) is 0 Å². The van der Waals surface area contributed by atoms with Crippen molar-refractivity contribution in [2.75, 3.05) is 12.4 Å². The normalized spacial score (nSPS) is 25.1. The van der Waals surface area contributed by atoms with E-state index in [-0.39, 0.29) is 12.1 Å². The van der Waals surface area contributed by atoms with Gasteiger partial charge in [-0.25, -0.2) is 4.98 Å². The van der Waals surface area contributed by atoms with Crippen LogP contribution >= 0.6 is 0 Å². The van der Waals surface area contributed by atoms with Crippen molar-refractivity contribution < 1.29 is 4.74 Å². The maximum absolute atomic E-state index is 6.05. The Morgan fingerprint density at radius 1 is 1.44 bits per heavy atom. The largest absolute Gasteiger partial charge is 0.481 e. The summed E-state index contributed by atoms with van der Waals surface area (Å²) in [6, 6.07) is 2.20. The number of rotatable bonds is 3. The molecule has 3 N–H and O–H groups in total. The third kappa shape index (κ3) is 2.61. The molecule has 1 aliphatic rings. The second-order valence-electron chi connectivity index (χ2n) is 4.12. The summed E-state index contributed by atoms with van der Waals surface area (Å²) in [6.07, 6.45) is 6.28. The first kappa shape index (κ1) is 11.1. The molecule has 1 aliphatic carbocycles. The van der Waals surface area contributed by atoms with E-state index < -0.39 is 0 Å². The number of nitrogens with two attached hydrogens (primary N) is 1. The summed E-state index contributed by atoms with van der Waals surface area (Å²) in [7, 11) is 1.60. The molecule has 2 rings (SSSR count). The van der Waals surface area contributed by atoms with Crippen LogP contribution in [0, 0.1) is 0 Å². The fourth-order valence-electron chi connectivity index (χ4n) is 2.03. The molecule has 0 aromatic carbocycles. The minimum atomic E-state index is 0.198. The second kappa shape index (κ2) is 5.12. The van der Waals surface area contributed by atoms with Gasteiger partial charge >= 0.3 is 0 Å². The van der Waals surface area contributed by atoms with E-state index in [1.165, 1.54) is 12.8 Å². The highest BCUT2D eigenvalue weighted by Gasteiger charge is 2.22. The topological polar surface area (TPSA) is 73.1 Å². The Balaban J connectivity index is 2.01. The van der Waals surface area contributed by atoms with Gasteiger partial charge < -0.3 is 15.8 Å². The molecule has 88 valence electrons. The maximum Gasteiger partial charge on any atom is 0.226 e. The van der Waals surface area contributed by atoms with Crippen LogP contribution in [0.25, 0.3) is 0 Å². The molecule has 0 saturated heterocycles. The molecule has 1 aromatic rings. The van der Waals surface area contributed by atoms with Gasteiger partial charge in [-0.05, 0) is 12.8 Å². The monoisotopic (exact) mass is 222 g/mol. The molecule has 0 spiro atoms. The van der Waals surface area contributed by atoms with Crippen LogP contribution in [0.1, 0.15) is 25.7 Å². The first-order chi connectivity index (χ1) is 7.79. The van der Waals surface area contributed by atoms with E-state index in [0.717, 1.165) is 12.8 Å². The van der Waals surface area contributed by atoms with Crippen molar-refractivity contribution in [2.24, 2.45) is 5.73 Å². The number of methoxy groups -OCH3 is 1. The maximum atomic E-state index is 6.05. The molecular weight excluding hydrogens is 204 g/mol. The van der Waals surface area contributed by atoms with Gasteiger partial charge in [-0.15, -0.1) is 0 Å². The molecule has 1 heterocycles. The molecule has 16 heavy (non-hydrogen) atoms. The number of nitrogens with one attached hydrogen (secondary N) is 1. The van der Waals surface area contributed by atoms with Crippen LogP contribution < -0.4 is 15.8 Å². The van der Waals surface area contributed by atoms with Gasteiger partial charge in [0.05, 0.1) is 7.11 Å². The summed E-state index contributed by atoms with van der Waals surface area (Å²) in [5, 5.41) is 3.28. The van der Waals surface area contributed by atoms with E-state index in [0.29, 0.717) is 11.8 Å². The third-order valence-corrected chi connectivity index (χ3v) is 2.97. The highest BCUT2D eigenvalue weighted by molar-refractivity contribution is 5.29. The lowest BCUT2D eigenvalue weighted by Crippen LogP contribution is -2.42. The average molecular weight is 222 g/mol. The van der Waals surface area contributed by atoms with E-state index in [4.69, 9.17) is 10.5 Å². The third-order valence-electron chi connectivity index (χ3n) is 2.97. The molecule has 0 aliphatic heterocycles. The molecule has 5 heteroatoms. The van der Waals surface area contributed by atoms with Gasteiger partial charge in [0.25, 0.3) is 0 Å². The van der Waals surface area contributed by atoms with Crippen molar-refractivity contribution in [1.29, 1.82) is 0 Å². The Labute approximate surface area is 95.4 Å². The first-order valence-corrected chi connectivity index (χ1v) is 5.69. The van der Waals surface area contributed by atoms with E-state index in [1.54, 1.807) is 19.4 Å². The highest BCUT2D eigenvalue weighted by Crippen LogP contribution is 2.20. The van der Waals surface area contributed by atoms with Gasteiger partial charge in [-0.1, -0.05) is 12.8 Å². The molecule has 1 fully saturated rings. The van der Waals surface area contributed by atoms with Crippen LogP contribution in [-0.4, -0.2) is 29.2 Å². The smallest absolute Gasteiger partial charge is 0.226 e. The summed E-state index contributed by atoms with van der Waals surface area (Å²) in [4.78, 5) is 8.38. The Bertz CT molecular complexity index is 345. The average Bonchev–Trinajstić information content (AvgIpc) is 2.32. The number of nitrogens with zero attached hydrogens (tertiary/aromatic N) is 2. The van der Waals surface area contributed by atoms with E-state index >= 15 is 0 Å². The van der Waals surface area contributed by atoms with E-state index in [9.17, 15) is 0 Å². The summed E-state index contributed by atoms with van der Waals surface area (Å²) in [5.41, 5.74) is 6.05. The van der Waals surface area contributed by atoms with Crippen LogP contribution in [0.15, 0.2) is 12.3 Å². The molecular formula is C11H18N4O. The van der Waals surface area contributed by atoms with E-state index in [1.807, 2.05) is 0 Å². The van der Waals surface area contributed by atoms with Gasteiger partial charge in [0.1, 0.15) is 0 Å². The molecule has 0 unspecified atom stereocenters. The number of ether oxygens (including phenoxy) is 1. The molecule has 0 radical (unpaired) electrons. The predicted octanol–water partition coefficient (Wildman–Crippen LogP) is 1.17. The molecule has 2 atom stereocenters. The molecule has 1 aromatic heterocycles. The van der Waals surface area contributed by atoms with Crippen molar-refractivity contribution in [3.8, 4) is 5.88 Å². The predicted molar refractivity (Wildman–Crippen MR) is 62.4 cm³/mol. The Kier molecular flexibility index (Phi) is 3.56. The zero-order chi connectivity index (χ0) is 11.4. The molecule has 0 bridgehead atoms. The van der Waals surface area contributed by atoms with Crippen molar-refractivity contribution in [3.63, 3.8) is 0 Å². The fraction of sp³-hybridized carbons (Fsp3) is 0.636. The number of anilines is 1. The quantitative estimate of drug-likeness (QED) is 0.803. The van der Waals surface area contributed by atoms with Crippen LogP contribution in [-0.2, 0) is 0 Å². The Morgan fingerprint density at radius 3 is 3.00 bits per heavy atom. The highest BCUT2D eigenvalue weighted by atomic mass is 16.5. The van der Waals surface area contributed by atoms with Crippen LogP contribution in [0.4, 0.5) is 5.95 Å². The van der Waals surface area contributed by atoms with Gasteiger partial charge in [-0.3, -0.25) is 0 Å². The standard InChI is InChI=1S/C11H18N4O/c1-16-10-6-7-13-11(15-10)14-9-5-3-2-4-8(9)12/h6-9H,2-5,12H2,1H3,(H,13,14,15)/t8-,9-/m1/s1. The summed E-state index contributed by atoms with van der Waals surface area (Å²) in [5.74, 6) is 1.17. The van der Waals surface area contributed by atoms with Crippen molar-refractivity contribution >= 4 is 5.95 Å². The fourth-order valence-corrected chi connectivity index (χ4v) is 2.03. The number of hydrogen-bond acceptors (Lipinski definition) is 5. The Morgan fingerprint density at radius 2 is 2.25 bits per heavy atom. The van der Waals surface area contributed by atoms with Crippen LogP contribution in [0.2, 0.25) is 0 Å². The summed E-state index contributed by atoms with van der Waals surface area (Å²) in [6.45, 7) is 0. The summed E-state index contributed by atoms with van der Waals surface area (Å²) >= 11 is 0. The summed E-state index contributed by atoms with van der Waals surface area (Å²) < 4.78 is 5.05. The lowest BCUT2D eigenvalue weighted by atomic mass is 9.91. The Hall–Kier alpha value is -1.36. The lowest BCUT2D eigenvalue weighted by Gasteiger charge is -2.29. The first-order valence-electron chi connectivity index (χ1n) is 5.69. The van der Waals surface area contributed by atoms with Crippen molar-refractivity contribution in [1.82, 2.24) is 9.97 Å². The zero-order valence-electron chi connectivity index (χ0n) is 9.52. The van der Waals surface area contributed by atoms with Gasteiger partial charge in [0.2, 0.25) is 11.8 Å². The van der Waals surface area contributed by atoms with Gasteiger partial charge in [0.15, 0.2) is 0 Å². The molecule has 0 amide bonds. The zero-order valence-corrected chi connectivity index (χ0v) is 9.52. The van der Waals surface area contributed by atoms with Crippen LogP contribution in [0.5, 0.6) is 5.88 Å². The van der Waals surface area contributed by atoms with E-state index in [2.05, 4.69) is 15.3 Å². The molecule has 5 nitrogen and oxygen atoms in total. The van der Waals surface area contributed by atoms with Gasteiger partial charge in [-0.2, -0.15) is 4.98 Å². The second-order valence-corrected chi connectivity index (χ2v) is 4.12. The minimum Gasteiger partial charge on any atom is -0.481 e. The SMILES string of the molecule is COc1ccnc(N[C@@H]2CCCC[C@H]2N)n1.